The highest BCUT2D eigenvalue weighted by Gasteiger charge is 2.37. The van der Waals surface area contributed by atoms with E-state index in [9.17, 15) is 0 Å². The molecule has 0 atom stereocenters. The van der Waals surface area contributed by atoms with Crippen LogP contribution in [0.2, 0.25) is 0 Å². The zero-order chi connectivity index (χ0) is 14.5. The zero-order valence-corrected chi connectivity index (χ0v) is 13.2. The van der Waals surface area contributed by atoms with Crippen molar-refractivity contribution in [3.8, 4) is 0 Å². The van der Waals surface area contributed by atoms with Gasteiger partial charge in [-0.15, -0.1) is 0 Å². The average molecular weight is 292 g/mol. The predicted molar refractivity (Wildman–Crippen MR) is 82.6 cm³/mol. The molecule has 0 bridgehead atoms. The van der Waals surface area contributed by atoms with E-state index in [1.54, 1.807) is 0 Å². The first-order valence-electron chi connectivity index (χ1n) is 8.59. The molecule has 1 heterocycles. The van der Waals surface area contributed by atoms with Crippen LogP contribution in [0.25, 0.3) is 0 Å². The summed E-state index contributed by atoms with van der Waals surface area (Å²) in [6.07, 6.45) is 14.5. The Morgan fingerprint density at radius 1 is 1.10 bits per heavy atom. The van der Waals surface area contributed by atoms with Crippen molar-refractivity contribution in [1.82, 2.24) is 0 Å². The Morgan fingerprint density at radius 2 is 1.71 bits per heavy atom. The Hall–Kier alpha value is -0.960. The summed E-state index contributed by atoms with van der Waals surface area (Å²) in [4.78, 5) is 0. The Morgan fingerprint density at radius 3 is 2.10 bits per heavy atom. The van der Waals surface area contributed by atoms with Gasteiger partial charge in [-0.1, -0.05) is 6.92 Å². The lowest BCUT2D eigenvalue weighted by molar-refractivity contribution is -0.143. The SMILES string of the molecule is CCC1(CCC(OC2=CCCC2)OC2=CCCC2)COC1. The van der Waals surface area contributed by atoms with E-state index in [4.69, 9.17) is 14.2 Å². The van der Waals surface area contributed by atoms with Crippen molar-refractivity contribution in [2.75, 3.05) is 13.2 Å². The van der Waals surface area contributed by atoms with Crippen molar-refractivity contribution >= 4 is 0 Å². The third-order valence-electron chi connectivity index (χ3n) is 5.04. The molecular weight excluding hydrogens is 264 g/mol. The molecule has 0 radical (unpaired) electrons. The molecular formula is C18H28O3. The molecule has 0 spiro atoms. The second-order valence-electron chi connectivity index (χ2n) is 6.68. The molecule has 0 aromatic rings. The first-order chi connectivity index (χ1) is 10.3. The summed E-state index contributed by atoms with van der Waals surface area (Å²) < 4.78 is 17.7. The minimum absolute atomic E-state index is 0.109. The molecule has 0 amide bonds. The number of hydrogen-bond donors (Lipinski definition) is 0. The third kappa shape index (κ3) is 3.82. The molecule has 3 aliphatic rings. The van der Waals surface area contributed by atoms with Gasteiger partial charge in [-0.05, 0) is 50.7 Å². The maximum atomic E-state index is 6.14. The van der Waals surface area contributed by atoms with Gasteiger partial charge < -0.3 is 14.2 Å². The van der Waals surface area contributed by atoms with Crippen LogP contribution in [0.4, 0.5) is 0 Å². The van der Waals surface area contributed by atoms with E-state index in [1.807, 2.05) is 0 Å². The van der Waals surface area contributed by atoms with Gasteiger partial charge in [0.2, 0.25) is 6.29 Å². The normalized spacial score (nSPS) is 23.7. The summed E-state index contributed by atoms with van der Waals surface area (Å²) in [6.45, 7) is 4.07. The molecule has 0 saturated carbocycles. The monoisotopic (exact) mass is 292 g/mol. The maximum absolute atomic E-state index is 6.14. The Bertz CT molecular complexity index is 375. The minimum Gasteiger partial charge on any atom is -0.460 e. The van der Waals surface area contributed by atoms with Gasteiger partial charge in [0.15, 0.2) is 0 Å². The molecule has 3 nitrogen and oxygen atoms in total. The fourth-order valence-corrected chi connectivity index (χ4v) is 3.32. The summed E-state index contributed by atoms with van der Waals surface area (Å²) in [6, 6.07) is 0. The van der Waals surface area contributed by atoms with E-state index in [1.165, 1.54) is 19.3 Å². The Balaban J connectivity index is 1.54. The van der Waals surface area contributed by atoms with Gasteiger partial charge in [-0.2, -0.15) is 0 Å². The molecule has 3 rings (SSSR count). The van der Waals surface area contributed by atoms with Crippen molar-refractivity contribution in [3.05, 3.63) is 23.7 Å². The summed E-state index contributed by atoms with van der Waals surface area (Å²) in [7, 11) is 0. The van der Waals surface area contributed by atoms with Gasteiger partial charge in [0, 0.05) is 24.7 Å². The largest absolute Gasteiger partial charge is 0.460 e. The van der Waals surface area contributed by atoms with Crippen LogP contribution in [0.1, 0.15) is 64.7 Å². The smallest absolute Gasteiger partial charge is 0.240 e. The van der Waals surface area contributed by atoms with Crippen LogP contribution >= 0.6 is 0 Å². The van der Waals surface area contributed by atoms with Crippen LogP contribution in [0.5, 0.6) is 0 Å². The van der Waals surface area contributed by atoms with Crippen LogP contribution < -0.4 is 0 Å². The van der Waals surface area contributed by atoms with Crippen molar-refractivity contribution in [2.45, 2.75) is 71.0 Å². The summed E-state index contributed by atoms with van der Waals surface area (Å²) in [5.74, 6) is 2.27. The molecule has 1 aliphatic heterocycles. The zero-order valence-electron chi connectivity index (χ0n) is 13.2. The van der Waals surface area contributed by atoms with E-state index in [0.717, 1.165) is 63.3 Å². The molecule has 21 heavy (non-hydrogen) atoms. The molecule has 2 aliphatic carbocycles. The van der Waals surface area contributed by atoms with Gasteiger partial charge in [0.05, 0.1) is 24.7 Å². The van der Waals surface area contributed by atoms with Crippen molar-refractivity contribution < 1.29 is 14.2 Å². The number of allylic oxidation sites excluding steroid dienone is 4. The van der Waals surface area contributed by atoms with E-state index in [-0.39, 0.29) is 6.29 Å². The second kappa shape index (κ2) is 6.87. The molecule has 1 saturated heterocycles. The van der Waals surface area contributed by atoms with Crippen LogP contribution in [0.3, 0.4) is 0 Å². The fraction of sp³-hybridized carbons (Fsp3) is 0.778. The van der Waals surface area contributed by atoms with Crippen molar-refractivity contribution in [2.24, 2.45) is 5.41 Å². The van der Waals surface area contributed by atoms with Gasteiger partial charge in [0.25, 0.3) is 0 Å². The highest BCUT2D eigenvalue weighted by atomic mass is 16.7. The van der Waals surface area contributed by atoms with Gasteiger partial charge >= 0.3 is 0 Å². The van der Waals surface area contributed by atoms with Crippen molar-refractivity contribution in [1.29, 1.82) is 0 Å². The molecule has 0 aromatic carbocycles. The first-order valence-corrected chi connectivity index (χ1v) is 8.59. The highest BCUT2D eigenvalue weighted by Crippen LogP contribution is 2.38. The van der Waals surface area contributed by atoms with Crippen LogP contribution in [-0.2, 0) is 14.2 Å². The molecule has 0 unspecified atom stereocenters. The quantitative estimate of drug-likeness (QED) is 0.607. The maximum Gasteiger partial charge on any atom is 0.240 e. The lowest BCUT2D eigenvalue weighted by Crippen LogP contribution is -2.42. The standard InChI is InChI=1S/C18H28O3/c1-2-18(13-19-14-18)12-11-17(20-15-7-3-4-8-15)21-16-9-5-6-10-16/h7,9,17H,2-6,8,10-14H2,1H3. The fourth-order valence-electron chi connectivity index (χ4n) is 3.32. The molecule has 118 valence electrons. The van der Waals surface area contributed by atoms with Crippen LogP contribution in [0.15, 0.2) is 23.7 Å². The average Bonchev–Trinajstić information content (AvgIpc) is 3.11. The van der Waals surface area contributed by atoms with Gasteiger partial charge in [0.1, 0.15) is 0 Å². The number of hydrogen-bond acceptors (Lipinski definition) is 3. The summed E-state index contributed by atoms with van der Waals surface area (Å²) in [5, 5.41) is 0. The Labute approximate surface area is 128 Å². The van der Waals surface area contributed by atoms with E-state index in [2.05, 4.69) is 19.1 Å². The van der Waals surface area contributed by atoms with E-state index in [0.29, 0.717) is 5.41 Å². The molecule has 3 heteroatoms. The van der Waals surface area contributed by atoms with Gasteiger partial charge in [-0.25, -0.2) is 0 Å². The second-order valence-corrected chi connectivity index (χ2v) is 6.68. The van der Waals surface area contributed by atoms with E-state index < -0.39 is 0 Å². The third-order valence-corrected chi connectivity index (χ3v) is 5.04. The van der Waals surface area contributed by atoms with Crippen molar-refractivity contribution in [3.63, 3.8) is 0 Å². The molecule has 0 aromatic heterocycles. The van der Waals surface area contributed by atoms with E-state index >= 15 is 0 Å². The van der Waals surface area contributed by atoms with Crippen LogP contribution in [-0.4, -0.2) is 19.5 Å². The first kappa shape index (κ1) is 15.0. The summed E-state index contributed by atoms with van der Waals surface area (Å²) >= 11 is 0. The lowest BCUT2D eigenvalue weighted by atomic mass is 9.79. The highest BCUT2D eigenvalue weighted by molar-refractivity contribution is 5.02. The van der Waals surface area contributed by atoms with Crippen LogP contribution in [0, 0.1) is 5.41 Å². The summed E-state index contributed by atoms with van der Waals surface area (Å²) in [5.41, 5.74) is 0.374. The number of ether oxygens (including phenoxy) is 3. The molecule has 1 fully saturated rings. The predicted octanol–water partition coefficient (Wildman–Crippen LogP) is 4.69. The molecule has 0 N–H and O–H groups in total. The lowest BCUT2D eigenvalue weighted by Gasteiger charge is -2.41. The Kier molecular flexibility index (Phi) is 4.89. The topological polar surface area (TPSA) is 27.7 Å². The number of rotatable bonds is 8. The minimum atomic E-state index is -0.109. The van der Waals surface area contributed by atoms with Gasteiger partial charge in [-0.3, -0.25) is 0 Å².